The SMILES string of the molecule is NC(=O)c1ccc(Oc2nc(Oc3ccc(C(N)=O)cc3)nc(N(c3ccccc3)c3ccccc3)n2)cc1. The van der Waals surface area contributed by atoms with Crippen molar-refractivity contribution in [2.45, 2.75) is 0 Å². The number of hydrogen-bond donors (Lipinski definition) is 2. The fraction of sp³-hybridized carbons (Fsp3) is 0. The molecule has 2 amide bonds. The summed E-state index contributed by atoms with van der Waals surface area (Å²) in [4.78, 5) is 38.2. The Kier molecular flexibility index (Phi) is 7.08. The molecule has 1 heterocycles. The lowest BCUT2D eigenvalue weighted by Gasteiger charge is -2.23. The van der Waals surface area contributed by atoms with E-state index in [1.165, 1.54) is 24.3 Å². The Labute approximate surface area is 223 Å². The molecule has 4 N–H and O–H groups in total. The van der Waals surface area contributed by atoms with Gasteiger partial charge in [-0.05, 0) is 72.8 Å². The number of rotatable bonds is 9. The molecule has 0 saturated heterocycles. The van der Waals surface area contributed by atoms with Crippen LogP contribution in [0.4, 0.5) is 17.3 Å². The number of anilines is 3. The largest absolute Gasteiger partial charge is 0.424 e. The van der Waals surface area contributed by atoms with Crippen molar-refractivity contribution >= 4 is 29.1 Å². The predicted molar refractivity (Wildman–Crippen MR) is 145 cm³/mol. The van der Waals surface area contributed by atoms with Crippen molar-refractivity contribution in [2.24, 2.45) is 11.5 Å². The lowest BCUT2D eigenvalue weighted by molar-refractivity contribution is 0.0992. The highest BCUT2D eigenvalue weighted by Crippen LogP contribution is 2.34. The Morgan fingerprint density at radius 3 is 1.28 bits per heavy atom. The van der Waals surface area contributed by atoms with Gasteiger partial charge in [0.25, 0.3) is 0 Å². The second kappa shape index (κ2) is 11.1. The van der Waals surface area contributed by atoms with Crippen LogP contribution in [0.15, 0.2) is 109 Å². The summed E-state index contributed by atoms with van der Waals surface area (Å²) < 4.78 is 11.8. The predicted octanol–water partition coefficient (Wildman–Crippen LogP) is 5.12. The first kappa shape index (κ1) is 24.9. The average molecular weight is 519 g/mol. The van der Waals surface area contributed by atoms with E-state index in [0.717, 1.165) is 11.4 Å². The standard InChI is InChI=1S/C29H22N6O4/c30-25(36)19-11-15-23(16-12-19)38-28-32-27(33-29(34-28)39-24-17-13-20(14-18-24)26(31)37)35(21-7-3-1-4-8-21)22-9-5-2-6-10-22/h1-18H,(H2,30,36)(H2,31,37). The van der Waals surface area contributed by atoms with Crippen molar-refractivity contribution < 1.29 is 19.1 Å². The van der Waals surface area contributed by atoms with Crippen molar-refractivity contribution in [1.29, 1.82) is 0 Å². The molecule has 10 nitrogen and oxygen atoms in total. The molecule has 0 bridgehead atoms. The second-order valence-electron chi connectivity index (χ2n) is 8.19. The first-order chi connectivity index (χ1) is 19.0. The van der Waals surface area contributed by atoms with Gasteiger partial charge in [-0.15, -0.1) is 4.98 Å². The van der Waals surface area contributed by atoms with Crippen LogP contribution in [0, 0.1) is 0 Å². The molecule has 192 valence electrons. The third kappa shape index (κ3) is 5.97. The van der Waals surface area contributed by atoms with Gasteiger partial charge in [-0.1, -0.05) is 36.4 Å². The molecule has 0 fully saturated rings. The number of carbonyl (C=O) groups is 2. The zero-order valence-electron chi connectivity index (χ0n) is 20.5. The van der Waals surface area contributed by atoms with Crippen LogP contribution in [0.2, 0.25) is 0 Å². The smallest absolute Gasteiger partial charge is 0.330 e. The maximum absolute atomic E-state index is 11.4. The van der Waals surface area contributed by atoms with Crippen molar-refractivity contribution in [1.82, 2.24) is 15.0 Å². The van der Waals surface area contributed by atoms with E-state index < -0.39 is 11.8 Å². The van der Waals surface area contributed by atoms with Crippen molar-refractivity contribution in [3.8, 4) is 23.5 Å². The highest BCUT2D eigenvalue weighted by atomic mass is 16.5. The number of amides is 2. The summed E-state index contributed by atoms with van der Waals surface area (Å²) in [5.41, 5.74) is 12.9. The summed E-state index contributed by atoms with van der Waals surface area (Å²) in [6.07, 6.45) is 0. The molecule has 0 saturated carbocycles. The van der Waals surface area contributed by atoms with Gasteiger partial charge in [-0.3, -0.25) is 14.5 Å². The van der Waals surface area contributed by atoms with Crippen LogP contribution < -0.4 is 25.8 Å². The minimum atomic E-state index is -0.552. The highest BCUT2D eigenvalue weighted by molar-refractivity contribution is 5.93. The molecule has 1 aromatic heterocycles. The average Bonchev–Trinajstić information content (AvgIpc) is 2.95. The number of nitrogens with zero attached hydrogens (tertiary/aromatic N) is 4. The van der Waals surface area contributed by atoms with Gasteiger partial charge in [0.2, 0.25) is 17.8 Å². The number of benzene rings is 4. The summed E-state index contributed by atoms with van der Waals surface area (Å²) in [5.74, 6) is -0.124. The summed E-state index contributed by atoms with van der Waals surface area (Å²) in [6, 6.07) is 31.5. The van der Waals surface area contributed by atoms with Crippen molar-refractivity contribution in [3.63, 3.8) is 0 Å². The molecule has 0 atom stereocenters. The monoisotopic (exact) mass is 518 g/mol. The number of ether oxygens (including phenoxy) is 2. The summed E-state index contributed by atoms with van der Waals surface area (Å²) >= 11 is 0. The molecule has 0 aliphatic heterocycles. The highest BCUT2D eigenvalue weighted by Gasteiger charge is 2.20. The Morgan fingerprint density at radius 1 is 0.538 bits per heavy atom. The van der Waals surface area contributed by atoms with Crippen LogP contribution in [0.25, 0.3) is 0 Å². The Bertz CT molecular complexity index is 1480. The number of aromatic nitrogens is 3. The minimum Gasteiger partial charge on any atom is -0.424 e. The molecular formula is C29H22N6O4. The number of para-hydroxylation sites is 2. The Hall–Kier alpha value is -5.77. The van der Waals surface area contributed by atoms with E-state index in [1.807, 2.05) is 65.6 Å². The third-order valence-corrected chi connectivity index (χ3v) is 5.51. The van der Waals surface area contributed by atoms with Gasteiger partial charge in [-0.2, -0.15) is 9.97 Å². The van der Waals surface area contributed by atoms with Crippen LogP contribution in [-0.2, 0) is 0 Å². The molecule has 39 heavy (non-hydrogen) atoms. The molecule has 5 rings (SSSR count). The van der Waals surface area contributed by atoms with E-state index in [1.54, 1.807) is 24.3 Å². The van der Waals surface area contributed by atoms with Crippen LogP contribution in [0.1, 0.15) is 20.7 Å². The summed E-state index contributed by atoms with van der Waals surface area (Å²) in [5, 5.41) is 0. The molecule has 0 aliphatic rings. The molecule has 5 aromatic rings. The van der Waals surface area contributed by atoms with E-state index in [4.69, 9.17) is 20.9 Å². The minimum absolute atomic E-state index is 0.0487. The summed E-state index contributed by atoms with van der Waals surface area (Å²) in [7, 11) is 0. The molecule has 0 unspecified atom stereocenters. The fourth-order valence-corrected chi connectivity index (χ4v) is 3.64. The Balaban J connectivity index is 1.57. The maximum atomic E-state index is 11.4. The number of carbonyl (C=O) groups excluding carboxylic acids is 2. The molecule has 10 heteroatoms. The first-order valence-corrected chi connectivity index (χ1v) is 11.8. The van der Waals surface area contributed by atoms with E-state index in [9.17, 15) is 9.59 Å². The third-order valence-electron chi connectivity index (χ3n) is 5.51. The maximum Gasteiger partial charge on any atom is 0.330 e. The molecular weight excluding hydrogens is 496 g/mol. The van der Waals surface area contributed by atoms with Crippen LogP contribution >= 0.6 is 0 Å². The van der Waals surface area contributed by atoms with Gasteiger partial charge in [0.05, 0.1) is 0 Å². The van der Waals surface area contributed by atoms with Crippen LogP contribution in [0.3, 0.4) is 0 Å². The zero-order valence-corrected chi connectivity index (χ0v) is 20.5. The normalized spacial score (nSPS) is 10.5. The van der Waals surface area contributed by atoms with Gasteiger partial charge in [0.1, 0.15) is 11.5 Å². The van der Waals surface area contributed by atoms with Crippen LogP contribution in [-0.4, -0.2) is 26.8 Å². The van der Waals surface area contributed by atoms with Crippen LogP contribution in [0.5, 0.6) is 23.5 Å². The van der Waals surface area contributed by atoms with E-state index in [-0.39, 0.29) is 18.0 Å². The first-order valence-electron chi connectivity index (χ1n) is 11.8. The van der Waals surface area contributed by atoms with Crippen molar-refractivity contribution in [2.75, 3.05) is 4.90 Å². The van der Waals surface area contributed by atoms with E-state index in [2.05, 4.69) is 15.0 Å². The van der Waals surface area contributed by atoms with Gasteiger partial charge in [0.15, 0.2) is 0 Å². The van der Waals surface area contributed by atoms with E-state index >= 15 is 0 Å². The number of hydrogen-bond acceptors (Lipinski definition) is 8. The van der Waals surface area contributed by atoms with Gasteiger partial charge >= 0.3 is 12.0 Å². The second-order valence-corrected chi connectivity index (χ2v) is 8.19. The van der Waals surface area contributed by atoms with E-state index in [0.29, 0.717) is 22.6 Å². The lowest BCUT2D eigenvalue weighted by Crippen LogP contribution is -2.15. The number of primary amides is 2. The van der Waals surface area contributed by atoms with Gasteiger partial charge < -0.3 is 20.9 Å². The fourth-order valence-electron chi connectivity index (χ4n) is 3.64. The zero-order chi connectivity index (χ0) is 27.2. The topological polar surface area (TPSA) is 147 Å². The van der Waals surface area contributed by atoms with Gasteiger partial charge in [-0.25, -0.2) is 0 Å². The summed E-state index contributed by atoms with van der Waals surface area (Å²) in [6.45, 7) is 0. The molecule has 0 radical (unpaired) electrons. The van der Waals surface area contributed by atoms with Crippen molar-refractivity contribution in [3.05, 3.63) is 120 Å². The van der Waals surface area contributed by atoms with Gasteiger partial charge in [0, 0.05) is 22.5 Å². The number of nitrogens with two attached hydrogens (primary N) is 2. The lowest BCUT2D eigenvalue weighted by atomic mass is 10.2. The molecule has 4 aromatic carbocycles. The molecule has 0 aliphatic carbocycles. The quantitative estimate of drug-likeness (QED) is 0.273. The Morgan fingerprint density at radius 2 is 0.923 bits per heavy atom. The molecule has 0 spiro atoms.